The molecule has 1 aliphatic heterocycles. The van der Waals surface area contributed by atoms with Crippen LogP contribution < -0.4 is 4.90 Å². The van der Waals surface area contributed by atoms with Crippen molar-refractivity contribution in [2.75, 3.05) is 45.3 Å². The van der Waals surface area contributed by atoms with Gasteiger partial charge in [-0.05, 0) is 82.9 Å². The van der Waals surface area contributed by atoms with Crippen molar-refractivity contribution in [3.05, 3.63) is 29.8 Å². The van der Waals surface area contributed by atoms with Crippen LogP contribution in [0, 0.1) is 11.8 Å². The van der Waals surface area contributed by atoms with Crippen LogP contribution in [0.15, 0.2) is 24.3 Å². The molecular formula is C36H55N3O10. The van der Waals surface area contributed by atoms with E-state index >= 15 is 0 Å². The average Bonchev–Trinajstić information content (AvgIpc) is 3.87. The van der Waals surface area contributed by atoms with Gasteiger partial charge < -0.3 is 33.9 Å². The van der Waals surface area contributed by atoms with Crippen LogP contribution in [-0.4, -0.2) is 115 Å². The molecule has 1 N–H and O–H groups in total. The van der Waals surface area contributed by atoms with E-state index in [9.17, 15) is 29.1 Å². The zero-order valence-electron chi connectivity index (χ0n) is 30.3. The fourth-order valence-corrected chi connectivity index (χ4v) is 5.53. The molecule has 1 saturated carbocycles. The maximum atomic E-state index is 14.2. The molecule has 0 radical (unpaired) electrons. The first-order chi connectivity index (χ1) is 23.0. The molecule has 274 valence electrons. The molecule has 0 spiro atoms. The Morgan fingerprint density at radius 1 is 0.918 bits per heavy atom. The summed E-state index contributed by atoms with van der Waals surface area (Å²) in [6.45, 7) is 13.1. The highest BCUT2D eigenvalue weighted by atomic mass is 16.6. The second kappa shape index (κ2) is 17.7. The first-order valence-electron chi connectivity index (χ1n) is 17.2. The van der Waals surface area contributed by atoms with Crippen molar-refractivity contribution in [3.63, 3.8) is 0 Å². The second-order valence-electron chi connectivity index (χ2n) is 14.5. The molecule has 1 aliphatic carbocycles. The Hall–Kier alpha value is -3.87. The summed E-state index contributed by atoms with van der Waals surface area (Å²) in [6.07, 6.45) is -0.500. The summed E-state index contributed by atoms with van der Waals surface area (Å²) >= 11 is 0. The van der Waals surface area contributed by atoms with Crippen molar-refractivity contribution < 1.29 is 48.0 Å². The maximum Gasteiger partial charge on any atom is 0.410 e. The Balaban J connectivity index is 1.86. The zero-order chi connectivity index (χ0) is 36.5. The fraction of sp³-hybridized carbons (Fsp3) is 0.694. The number of carboxylic acids is 1. The summed E-state index contributed by atoms with van der Waals surface area (Å²) in [5.41, 5.74) is 1.20. The molecule has 1 aromatic carbocycles. The van der Waals surface area contributed by atoms with Gasteiger partial charge in [-0.15, -0.1) is 0 Å². The summed E-state index contributed by atoms with van der Waals surface area (Å²) in [5, 5.41) is 9.30. The van der Waals surface area contributed by atoms with E-state index < -0.39 is 59.8 Å². The number of ether oxygens (including phenoxy) is 4. The Morgan fingerprint density at radius 3 is 2.04 bits per heavy atom. The van der Waals surface area contributed by atoms with Gasteiger partial charge in [0.25, 0.3) is 5.91 Å². The van der Waals surface area contributed by atoms with E-state index in [4.69, 9.17) is 18.9 Å². The van der Waals surface area contributed by atoms with Crippen molar-refractivity contribution >= 4 is 35.6 Å². The smallest absolute Gasteiger partial charge is 0.410 e. The number of carbonyl (C=O) groups is 5. The number of rotatable bonds is 16. The van der Waals surface area contributed by atoms with E-state index in [2.05, 4.69) is 4.90 Å². The van der Waals surface area contributed by atoms with Gasteiger partial charge in [0.1, 0.15) is 17.7 Å². The molecule has 49 heavy (non-hydrogen) atoms. The number of benzene rings is 1. The molecule has 0 aromatic heterocycles. The van der Waals surface area contributed by atoms with Crippen molar-refractivity contribution in [3.8, 4) is 0 Å². The predicted octanol–water partition coefficient (Wildman–Crippen LogP) is 4.29. The minimum atomic E-state index is -1.41. The number of esters is 2. The first kappa shape index (κ1) is 39.6. The molecule has 13 heteroatoms. The molecule has 4 atom stereocenters. The van der Waals surface area contributed by atoms with Gasteiger partial charge in [0, 0.05) is 32.9 Å². The monoisotopic (exact) mass is 689 g/mol. The van der Waals surface area contributed by atoms with Gasteiger partial charge in [0.05, 0.1) is 13.2 Å². The van der Waals surface area contributed by atoms with Crippen molar-refractivity contribution in [1.29, 1.82) is 0 Å². The van der Waals surface area contributed by atoms with Crippen molar-refractivity contribution in [2.45, 2.75) is 110 Å². The number of aliphatic carboxylic acids is 1. The molecule has 0 unspecified atom stereocenters. The Labute approximate surface area is 290 Å². The first-order valence-corrected chi connectivity index (χ1v) is 17.2. The van der Waals surface area contributed by atoms with E-state index in [1.54, 1.807) is 20.8 Å². The largest absolute Gasteiger partial charge is 0.479 e. The highest BCUT2D eigenvalue weighted by Crippen LogP contribution is 2.35. The van der Waals surface area contributed by atoms with Gasteiger partial charge >= 0.3 is 24.0 Å². The SMILES string of the molecule is CC(C)C[C@@H](C(=O)O[C@H](C)C(=O)O)N(C)C(=O)[C@@H](CCc1ccc(N2CCOCC2)cc1)OC(=O)[C@H](CC1CC1)N(C)C(=O)OC(C)(C)C. The van der Waals surface area contributed by atoms with Gasteiger partial charge in [0.2, 0.25) is 0 Å². The molecule has 1 aromatic rings. The number of likely N-dealkylation sites (N-methyl/N-ethyl adjacent to an activating group) is 2. The highest BCUT2D eigenvalue weighted by Gasteiger charge is 2.40. The number of nitrogens with zero attached hydrogens (tertiary/aromatic N) is 3. The number of amides is 2. The molecular weight excluding hydrogens is 634 g/mol. The minimum Gasteiger partial charge on any atom is -0.479 e. The lowest BCUT2D eigenvalue weighted by Crippen LogP contribution is -2.51. The number of anilines is 1. The number of aryl methyl sites for hydroxylation is 1. The van der Waals surface area contributed by atoms with Crippen molar-refractivity contribution in [2.24, 2.45) is 11.8 Å². The molecule has 0 bridgehead atoms. The standard InChI is InChI=1S/C36H55N3O10/c1-23(2)21-28(33(43)47-24(3)32(41)42)37(7)31(40)30(16-13-25-11-14-27(15-12-25)39-17-19-46-20-18-39)48-34(44)29(22-26-9-10-26)38(8)35(45)49-36(4,5)6/h11-12,14-15,23-24,26,28-30H,9-10,13,16-22H2,1-8H3,(H,41,42)/t24-,28+,29+,30-/m1/s1. The van der Waals surface area contributed by atoms with Crippen LogP contribution in [0.2, 0.25) is 0 Å². The van der Waals surface area contributed by atoms with Gasteiger partial charge in [0.15, 0.2) is 12.2 Å². The highest BCUT2D eigenvalue weighted by molar-refractivity contribution is 5.90. The van der Waals surface area contributed by atoms with Crippen LogP contribution in [0.25, 0.3) is 0 Å². The normalized spacial score (nSPS) is 17.4. The molecule has 2 fully saturated rings. The third-order valence-electron chi connectivity index (χ3n) is 8.64. The van der Waals surface area contributed by atoms with E-state index in [-0.39, 0.29) is 24.7 Å². The van der Waals surface area contributed by atoms with Gasteiger partial charge in [-0.2, -0.15) is 0 Å². The molecule has 2 aliphatic rings. The lowest BCUT2D eigenvalue weighted by molar-refractivity contribution is -0.172. The van der Waals surface area contributed by atoms with Gasteiger partial charge in [-0.1, -0.05) is 38.8 Å². The average molecular weight is 690 g/mol. The Bertz CT molecular complexity index is 1280. The number of carbonyl (C=O) groups excluding carboxylic acids is 4. The number of morpholine rings is 1. The summed E-state index contributed by atoms with van der Waals surface area (Å²) in [4.78, 5) is 70.3. The molecule has 13 nitrogen and oxygen atoms in total. The maximum absolute atomic E-state index is 14.2. The second-order valence-corrected chi connectivity index (χ2v) is 14.5. The van der Waals surface area contributed by atoms with Gasteiger partial charge in [-0.25, -0.2) is 19.2 Å². The Kier molecular flexibility index (Phi) is 14.3. The third-order valence-corrected chi connectivity index (χ3v) is 8.64. The number of hydrogen-bond acceptors (Lipinski definition) is 10. The van der Waals surface area contributed by atoms with Crippen LogP contribution in [-0.2, 0) is 44.5 Å². The topological polar surface area (TPSA) is 152 Å². The summed E-state index contributed by atoms with van der Waals surface area (Å²) in [7, 11) is 2.91. The van der Waals surface area contributed by atoms with E-state index in [0.717, 1.165) is 37.2 Å². The van der Waals surface area contributed by atoms with Crippen molar-refractivity contribution in [1.82, 2.24) is 9.80 Å². The van der Waals surface area contributed by atoms with Crippen LogP contribution in [0.5, 0.6) is 0 Å². The molecule has 2 amide bonds. The predicted molar refractivity (Wildman–Crippen MR) is 182 cm³/mol. The van der Waals surface area contributed by atoms with E-state index in [1.807, 2.05) is 38.1 Å². The van der Waals surface area contributed by atoms with E-state index in [1.165, 1.54) is 30.8 Å². The number of hydrogen-bond donors (Lipinski definition) is 1. The Morgan fingerprint density at radius 2 is 1.51 bits per heavy atom. The molecule has 3 rings (SSSR count). The molecule has 1 heterocycles. The van der Waals surface area contributed by atoms with Crippen LogP contribution in [0.4, 0.5) is 10.5 Å². The summed E-state index contributed by atoms with van der Waals surface area (Å²) in [6, 6.07) is 5.86. The fourth-order valence-electron chi connectivity index (χ4n) is 5.53. The quantitative estimate of drug-likeness (QED) is 0.195. The minimum absolute atomic E-state index is 0.0516. The van der Waals surface area contributed by atoms with Crippen LogP contribution >= 0.6 is 0 Å². The number of carboxylic acid groups (broad SMARTS) is 1. The van der Waals surface area contributed by atoms with Crippen LogP contribution in [0.1, 0.15) is 79.2 Å². The molecule has 1 saturated heterocycles. The van der Waals surface area contributed by atoms with Gasteiger partial charge in [-0.3, -0.25) is 9.69 Å². The van der Waals surface area contributed by atoms with E-state index in [0.29, 0.717) is 26.1 Å². The van der Waals surface area contributed by atoms with Crippen LogP contribution in [0.3, 0.4) is 0 Å². The summed E-state index contributed by atoms with van der Waals surface area (Å²) in [5.74, 6) is -3.35. The summed E-state index contributed by atoms with van der Waals surface area (Å²) < 4.78 is 22.1. The zero-order valence-corrected chi connectivity index (χ0v) is 30.3. The lowest BCUT2D eigenvalue weighted by atomic mass is 10.0. The third kappa shape index (κ3) is 12.5. The lowest BCUT2D eigenvalue weighted by Gasteiger charge is -2.33.